The number of aromatic nitrogens is 1. The van der Waals surface area contributed by atoms with Gasteiger partial charge in [-0.05, 0) is 25.0 Å². The Morgan fingerprint density at radius 1 is 1.37 bits per heavy atom. The molecule has 0 aliphatic rings. The van der Waals surface area contributed by atoms with Gasteiger partial charge in [-0.2, -0.15) is 4.79 Å². The number of nitrogens with one attached hydrogen (secondary N) is 2. The van der Waals surface area contributed by atoms with E-state index in [1.54, 1.807) is 6.20 Å². The third-order valence-electron chi connectivity index (χ3n) is 4.18. The molecule has 0 saturated heterocycles. The van der Waals surface area contributed by atoms with Crippen molar-refractivity contribution in [2.45, 2.75) is 37.8 Å². The molecule has 0 fully saturated rings. The molecule has 1 heterocycles. The van der Waals surface area contributed by atoms with Gasteiger partial charge in [0.2, 0.25) is 5.78 Å². The molecule has 142 valence electrons. The van der Waals surface area contributed by atoms with Gasteiger partial charge in [0, 0.05) is 29.9 Å². The zero-order valence-corrected chi connectivity index (χ0v) is 14.7. The van der Waals surface area contributed by atoms with E-state index in [1.807, 2.05) is 24.3 Å². The maximum atomic E-state index is 12.4. The van der Waals surface area contributed by atoms with Crippen LogP contribution in [0.1, 0.15) is 25.3 Å². The molecule has 27 heavy (non-hydrogen) atoms. The Balaban J connectivity index is 2.07. The first-order valence-electron chi connectivity index (χ1n) is 8.26. The SMILES string of the molecule is CC(O)(Cc1c[nH]c2ccccc12)C(=O)NC(CCC(=O)C=[N+]=[N-])C(=O)O. The molecule has 0 bridgehead atoms. The van der Waals surface area contributed by atoms with Gasteiger partial charge < -0.3 is 26.0 Å². The molecule has 1 aromatic carbocycles. The number of para-hydroxylation sites is 1. The minimum absolute atomic E-state index is 0.0225. The van der Waals surface area contributed by atoms with Crippen LogP contribution in [0.5, 0.6) is 0 Å². The van der Waals surface area contributed by atoms with Crippen molar-refractivity contribution >= 4 is 34.8 Å². The summed E-state index contributed by atoms with van der Waals surface area (Å²) in [4.78, 5) is 40.7. The second-order valence-corrected chi connectivity index (χ2v) is 6.42. The lowest BCUT2D eigenvalue weighted by Crippen LogP contribution is -2.52. The van der Waals surface area contributed by atoms with Gasteiger partial charge in [0.15, 0.2) is 0 Å². The first kappa shape index (κ1) is 20.0. The fourth-order valence-corrected chi connectivity index (χ4v) is 2.72. The summed E-state index contributed by atoms with van der Waals surface area (Å²) in [7, 11) is 0. The average Bonchev–Trinajstić information content (AvgIpc) is 3.01. The van der Waals surface area contributed by atoms with E-state index in [0.717, 1.165) is 10.9 Å². The third-order valence-corrected chi connectivity index (χ3v) is 4.18. The molecule has 2 unspecified atom stereocenters. The van der Waals surface area contributed by atoms with Crippen molar-refractivity contribution in [3.8, 4) is 0 Å². The summed E-state index contributed by atoms with van der Waals surface area (Å²) < 4.78 is 0. The zero-order chi connectivity index (χ0) is 20.0. The molecule has 2 rings (SSSR count). The summed E-state index contributed by atoms with van der Waals surface area (Å²) in [6, 6.07) is 6.04. The Hall–Kier alpha value is -3.29. The summed E-state index contributed by atoms with van der Waals surface area (Å²) in [6.45, 7) is 1.30. The molecule has 2 aromatic rings. The molecule has 2 atom stereocenters. The van der Waals surface area contributed by atoms with Crippen LogP contribution in [-0.2, 0) is 20.8 Å². The number of Topliss-reactive ketones (excluding diaryl/α,β-unsaturated/α-hetero) is 1. The van der Waals surface area contributed by atoms with Gasteiger partial charge in [0.1, 0.15) is 11.6 Å². The van der Waals surface area contributed by atoms with Gasteiger partial charge in [0.05, 0.1) is 0 Å². The van der Waals surface area contributed by atoms with Gasteiger partial charge in [0.25, 0.3) is 5.91 Å². The molecule has 1 amide bonds. The van der Waals surface area contributed by atoms with E-state index in [0.29, 0.717) is 11.8 Å². The van der Waals surface area contributed by atoms with Crippen LogP contribution in [0.25, 0.3) is 16.4 Å². The maximum absolute atomic E-state index is 12.4. The molecule has 9 nitrogen and oxygen atoms in total. The van der Waals surface area contributed by atoms with Gasteiger partial charge in [-0.15, -0.1) is 0 Å². The number of rotatable bonds is 9. The maximum Gasteiger partial charge on any atom is 0.326 e. The van der Waals surface area contributed by atoms with E-state index in [2.05, 4.69) is 15.1 Å². The topological polar surface area (TPSA) is 156 Å². The molecule has 1 aromatic heterocycles. The highest BCUT2D eigenvalue weighted by Gasteiger charge is 2.34. The molecule has 9 heteroatoms. The van der Waals surface area contributed by atoms with E-state index < -0.39 is 29.3 Å². The van der Waals surface area contributed by atoms with Gasteiger partial charge >= 0.3 is 12.2 Å². The number of nitrogens with zero attached hydrogens (tertiary/aromatic N) is 2. The van der Waals surface area contributed by atoms with Crippen molar-refractivity contribution in [2.75, 3.05) is 0 Å². The zero-order valence-electron chi connectivity index (χ0n) is 14.7. The number of aliphatic carboxylic acids is 1. The average molecular weight is 372 g/mol. The largest absolute Gasteiger partial charge is 0.480 e. The van der Waals surface area contributed by atoms with Crippen LogP contribution in [0.4, 0.5) is 0 Å². The lowest BCUT2D eigenvalue weighted by Gasteiger charge is -2.24. The van der Waals surface area contributed by atoms with Crippen LogP contribution in [0.3, 0.4) is 0 Å². The standard InChI is InChI=1S/C18H20N4O5/c1-18(27,8-11-9-20-14-5-3-2-4-13(11)14)17(26)22-15(16(24)25)7-6-12(23)10-21-19/h2-5,9-10,15,20,27H,6-8H2,1H3,(H,22,26)(H,24,25). The summed E-state index contributed by atoms with van der Waals surface area (Å²) in [5, 5.41) is 22.9. The Morgan fingerprint density at radius 2 is 2.07 bits per heavy atom. The molecule has 4 N–H and O–H groups in total. The Labute approximate surface area is 154 Å². The number of hydrogen-bond acceptors (Lipinski definition) is 4. The predicted octanol–water partition coefficient (Wildman–Crippen LogP) is 0.681. The molecule has 0 aliphatic carbocycles. The number of carboxylic acids is 1. The minimum atomic E-state index is -1.85. The van der Waals surface area contributed by atoms with Crippen LogP contribution in [0.15, 0.2) is 30.5 Å². The predicted molar refractivity (Wildman–Crippen MR) is 96.1 cm³/mol. The van der Waals surface area contributed by atoms with E-state index in [9.17, 15) is 24.6 Å². The van der Waals surface area contributed by atoms with Crippen LogP contribution < -0.4 is 5.32 Å². The second-order valence-electron chi connectivity index (χ2n) is 6.42. The van der Waals surface area contributed by atoms with Gasteiger partial charge in [-0.1, -0.05) is 18.2 Å². The van der Waals surface area contributed by atoms with E-state index in [4.69, 9.17) is 5.53 Å². The van der Waals surface area contributed by atoms with Gasteiger partial charge in [-0.25, -0.2) is 4.79 Å². The molecular formula is C18H20N4O5. The molecule has 0 aliphatic heterocycles. The van der Waals surface area contributed by atoms with E-state index in [-0.39, 0.29) is 19.3 Å². The molecule has 0 radical (unpaired) electrons. The number of benzene rings is 1. The highest BCUT2D eigenvalue weighted by molar-refractivity contribution is 6.25. The second kappa shape index (κ2) is 8.39. The Bertz CT molecular complexity index is 911. The summed E-state index contributed by atoms with van der Waals surface area (Å²) in [5.41, 5.74) is 8.01. The summed E-state index contributed by atoms with van der Waals surface area (Å²) in [6.07, 6.45) is 1.90. The first-order valence-corrected chi connectivity index (χ1v) is 8.26. The number of carbonyl (C=O) groups is 3. The number of H-pyrrole nitrogens is 1. The van der Waals surface area contributed by atoms with E-state index >= 15 is 0 Å². The molecule has 0 saturated carbocycles. The number of fused-ring (bicyclic) bond motifs is 1. The lowest BCUT2D eigenvalue weighted by atomic mass is 9.94. The van der Waals surface area contributed by atoms with Crippen molar-refractivity contribution in [2.24, 2.45) is 0 Å². The monoisotopic (exact) mass is 372 g/mol. The minimum Gasteiger partial charge on any atom is -0.480 e. The Kier molecular flexibility index (Phi) is 6.23. The van der Waals surface area contributed by atoms with Crippen LogP contribution >= 0.6 is 0 Å². The molecule has 0 spiro atoms. The third kappa shape index (κ3) is 5.10. The normalized spacial score (nSPS) is 14.0. The quantitative estimate of drug-likeness (QED) is 0.289. The molecular weight excluding hydrogens is 352 g/mol. The van der Waals surface area contributed by atoms with Crippen molar-refractivity contribution in [1.29, 1.82) is 0 Å². The number of aromatic amines is 1. The number of amides is 1. The number of aliphatic hydroxyl groups is 1. The number of carboxylic acid groups (broad SMARTS) is 1. The van der Waals surface area contributed by atoms with Crippen LogP contribution in [-0.4, -0.2) is 55.5 Å². The van der Waals surface area contributed by atoms with Crippen LogP contribution in [0, 0.1) is 0 Å². The van der Waals surface area contributed by atoms with Crippen molar-refractivity contribution in [3.05, 3.63) is 41.6 Å². The van der Waals surface area contributed by atoms with Crippen molar-refractivity contribution in [1.82, 2.24) is 10.3 Å². The fraction of sp³-hybridized carbons (Fsp3) is 0.333. The number of hydrogen-bond donors (Lipinski definition) is 4. The summed E-state index contributed by atoms with van der Waals surface area (Å²) >= 11 is 0. The highest BCUT2D eigenvalue weighted by atomic mass is 16.4. The number of carbonyl (C=O) groups excluding carboxylic acids is 2. The van der Waals surface area contributed by atoms with Gasteiger partial charge in [-0.3, -0.25) is 9.59 Å². The smallest absolute Gasteiger partial charge is 0.326 e. The summed E-state index contributed by atoms with van der Waals surface area (Å²) in [5.74, 6) is -2.77. The van der Waals surface area contributed by atoms with Crippen LogP contribution in [0.2, 0.25) is 0 Å². The number of ketones is 1. The highest BCUT2D eigenvalue weighted by Crippen LogP contribution is 2.22. The van der Waals surface area contributed by atoms with E-state index in [1.165, 1.54) is 6.92 Å². The Morgan fingerprint density at radius 3 is 2.74 bits per heavy atom. The first-order chi connectivity index (χ1) is 12.7. The van der Waals surface area contributed by atoms with Crippen molar-refractivity contribution in [3.63, 3.8) is 0 Å². The lowest BCUT2D eigenvalue weighted by molar-refractivity contribution is -0.146. The van der Waals surface area contributed by atoms with Crippen molar-refractivity contribution < 1.29 is 29.4 Å². The fourth-order valence-electron chi connectivity index (χ4n) is 2.72.